The Morgan fingerprint density at radius 3 is 2.46 bits per heavy atom. The predicted octanol–water partition coefficient (Wildman–Crippen LogP) is 2.87. The number of amides is 3. The number of benzene rings is 1. The van der Waals surface area contributed by atoms with Crippen LogP contribution >= 0.6 is 11.3 Å². The van der Waals surface area contributed by atoms with Crippen molar-refractivity contribution < 1.29 is 9.59 Å². The van der Waals surface area contributed by atoms with Crippen molar-refractivity contribution in [2.45, 2.75) is 32.5 Å². The third kappa shape index (κ3) is 4.35. The molecule has 0 radical (unpaired) electrons. The molecule has 0 fully saturated rings. The van der Waals surface area contributed by atoms with Gasteiger partial charge in [0.05, 0.1) is 6.54 Å². The summed E-state index contributed by atoms with van der Waals surface area (Å²) >= 11 is 1.61. The van der Waals surface area contributed by atoms with Gasteiger partial charge in [-0.1, -0.05) is 30.3 Å². The van der Waals surface area contributed by atoms with E-state index in [1.807, 2.05) is 34.5 Å². The molecule has 1 aliphatic rings. The Morgan fingerprint density at radius 2 is 1.79 bits per heavy atom. The SMILES string of the molecule is O=C(NCCCC(=O)N1Cc2ccccc2C1)NCc1cccs1. The second-order valence-corrected chi connectivity index (χ2v) is 6.84. The van der Waals surface area contributed by atoms with E-state index >= 15 is 0 Å². The Bertz CT molecular complexity index is 675. The molecule has 6 heteroatoms. The number of fused-ring (bicyclic) bond motifs is 1. The molecule has 126 valence electrons. The summed E-state index contributed by atoms with van der Waals surface area (Å²) in [6.07, 6.45) is 1.11. The van der Waals surface area contributed by atoms with Crippen molar-refractivity contribution in [3.8, 4) is 0 Å². The molecule has 0 saturated carbocycles. The normalized spacial score (nSPS) is 12.8. The first kappa shape index (κ1) is 16.5. The molecular formula is C18H21N3O2S. The molecule has 0 aliphatic carbocycles. The van der Waals surface area contributed by atoms with Gasteiger partial charge in [-0.25, -0.2) is 4.79 Å². The third-order valence-electron chi connectivity index (χ3n) is 4.05. The van der Waals surface area contributed by atoms with E-state index in [-0.39, 0.29) is 11.9 Å². The fraction of sp³-hybridized carbons (Fsp3) is 0.333. The lowest BCUT2D eigenvalue weighted by molar-refractivity contribution is -0.131. The Kier molecular flexibility index (Phi) is 5.48. The van der Waals surface area contributed by atoms with Crippen molar-refractivity contribution >= 4 is 23.3 Å². The molecule has 3 rings (SSSR count). The number of rotatable bonds is 6. The minimum absolute atomic E-state index is 0.145. The molecule has 2 heterocycles. The van der Waals surface area contributed by atoms with Crippen LogP contribution in [0.5, 0.6) is 0 Å². The van der Waals surface area contributed by atoms with Gasteiger partial charge in [0, 0.05) is 30.9 Å². The van der Waals surface area contributed by atoms with Crippen molar-refractivity contribution in [1.29, 1.82) is 0 Å². The first-order valence-electron chi connectivity index (χ1n) is 8.11. The van der Waals surface area contributed by atoms with Gasteiger partial charge >= 0.3 is 6.03 Å². The highest BCUT2D eigenvalue weighted by Crippen LogP contribution is 2.22. The molecule has 0 unspecified atom stereocenters. The first-order chi connectivity index (χ1) is 11.7. The largest absolute Gasteiger partial charge is 0.338 e. The Balaban J connectivity index is 1.31. The lowest BCUT2D eigenvalue weighted by atomic mass is 10.1. The van der Waals surface area contributed by atoms with Gasteiger partial charge in [0.25, 0.3) is 0 Å². The van der Waals surface area contributed by atoms with Crippen LogP contribution in [-0.2, 0) is 24.4 Å². The predicted molar refractivity (Wildman–Crippen MR) is 94.5 cm³/mol. The van der Waals surface area contributed by atoms with Gasteiger partial charge in [0.1, 0.15) is 0 Å². The van der Waals surface area contributed by atoms with Crippen LogP contribution in [0, 0.1) is 0 Å². The second kappa shape index (κ2) is 7.97. The summed E-state index contributed by atoms with van der Waals surface area (Å²) in [6, 6.07) is 11.9. The Hall–Kier alpha value is -2.34. The van der Waals surface area contributed by atoms with E-state index in [1.165, 1.54) is 11.1 Å². The number of carbonyl (C=O) groups is 2. The fourth-order valence-electron chi connectivity index (χ4n) is 2.75. The molecule has 0 saturated heterocycles. The van der Waals surface area contributed by atoms with E-state index in [4.69, 9.17) is 0 Å². The van der Waals surface area contributed by atoms with Crippen LogP contribution in [0.1, 0.15) is 28.8 Å². The Labute approximate surface area is 145 Å². The summed E-state index contributed by atoms with van der Waals surface area (Å²) in [6.45, 7) is 2.44. The van der Waals surface area contributed by atoms with Gasteiger partial charge in [-0.2, -0.15) is 0 Å². The zero-order chi connectivity index (χ0) is 16.8. The van der Waals surface area contributed by atoms with E-state index in [1.54, 1.807) is 11.3 Å². The van der Waals surface area contributed by atoms with E-state index < -0.39 is 0 Å². The second-order valence-electron chi connectivity index (χ2n) is 5.81. The van der Waals surface area contributed by atoms with Crippen molar-refractivity contribution in [2.75, 3.05) is 6.54 Å². The van der Waals surface area contributed by atoms with Crippen LogP contribution < -0.4 is 10.6 Å². The zero-order valence-corrected chi connectivity index (χ0v) is 14.3. The van der Waals surface area contributed by atoms with E-state index in [2.05, 4.69) is 22.8 Å². The van der Waals surface area contributed by atoms with Gasteiger partial charge < -0.3 is 15.5 Å². The van der Waals surface area contributed by atoms with E-state index in [0.29, 0.717) is 39.0 Å². The molecule has 0 spiro atoms. The van der Waals surface area contributed by atoms with Crippen molar-refractivity contribution in [3.63, 3.8) is 0 Å². The van der Waals surface area contributed by atoms with Gasteiger partial charge in [-0.3, -0.25) is 4.79 Å². The number of urea groups is 1. The zero-order valence-electron chi connectivity index (χ0n) is 13.5. The highest BCUT2D eigenvalue weighted by Gasteiger charge is 2.22. The molecule has 5 nitrogen and oxygen atoms in total. The van der Waals surface area contributed by atoms with Gasteiger partial charge in [0.15, 0.2) is 0 Å². The number of nitrogens with one attached hydrogen (secondary N) is 2. The Morgan fingerprint density at radius 1 is 1.04 bits per heavy atom. The maximum atomic E-state index is 12.2. The van der Waals surface area contributed by atoms with Crippen molar-refractivity contribution in [1.82, 2.24) is 15.5 Å². The van der Waals surface area contributed by atoms with Crippen LogP contribution in [0.15, 0.2) is 41.8 Å². The average molecular weight is 343 g/mol. The summed E-state index contributed by atoms with van der Waals surface area (Å²) in [7, 11) is 0. The highest BCUT2D eigenvalue weighted by molar-refractivity contribution is 7.09. The van der Waals surface area contributed by atoms with Gasteiger partial charge in [-0.05, 0) is 29.0 Å². The van der Waals surface area contributed by atoms with Crippen LogP contribution in [-0.4, -0.2) is 23.4 Å². The molecule has 2 N–H and O–H groups in total. The minimum Gasteiger partial charge on any atom is -0.338 e. The van der Waals surface area contributed by atoms with Gasteiger partial charge in [-0.15, -0.1) is 11.3 Å². The van der Waals surface area contributed by atoms with Gasteiger partial charge in [0.2, 0.25) is 5.91 Å². The van der Waals surface area contributed by atoms with E-state index in [9.17, 15) is 9.59 Å². The number of nitrogens with zero attached hydrogens (tertiary/aromatic N) is 1. The standard InChI is InChI=1S/C18H21N3O2S/c22-17(21-12-14-5-1-2-6-15(14)13-21)8-3-9-19-18(23)20-11-16-7-4-10-24-16/h1-2,4-7,10H,3,8-9,11-13H2,(H2,19,20,23). The van der Waals surface area contributed by atoms with E-state index in [0.717, 1.165) is 4.88 Å². The van der Waals surface area contributed by atoms with Crippen molar-refractivity contribution in [2.24, 2.45) is 0 Å². The highest BCUT2D eigenvalue weighted by atomic mass is 32.1. The lowest BCUT2D eigenvalue weighted by Crippen LogP contribution is -2.36. The molecule has 1 aromatic heterocycles. The molecule has 0 atom stereocenters. The first-order valence-corrected chi connectivity index (χ1v) is 8.99. The maximum Gasteiger partial charge on any atom is 0.315 e. The van der Waals surface area contributed by atoms with Crippen LogP contribution in [0.2, 0.25) is 0 Å². The number of carbonyl (C=O) groups excluding carboxylic acids is 2. The van der Waals surface area contributed by atoms with Crippen LogP contribution in [0.25, 0.3) is 0 Å². The molecule has 1 aliphatic heterocycles. The molecule has 2 aromatic rings. The fourth-order valence-corrected chi connectivity index (χ4v) is 3.40. The monoisotopic (exact) mass is 343 g/mol. The number of hydrogen-bond donors (Lipinski definition) is 2. The maximum absolute atomic E-state index is 12.2. The molecule has 0 bridgehead atoms. The number of hydrogen-bond acceptors (Lipinski definition) is 3. The summed E-state index contributed by atoms with van der Waals surface area (Å²) in [4.78, 5) is 26.9. The summed E-state index contributed by atoms with van der Waals surface area (Å²) in [5.41, 5.74) is 2.47. The topological polar surface area (TPSA) is 61.4 Å². The average Bonchev–Trinajstić information content (AvgIpc) is 3.25. The third-order valence-corrected chi connectivity index (χ3v) is 4.93. The number of thiophene rings is 1. The van der Waals surface area contributed by atoms with Crippen LogP contribution in [0.3, 0.4) is 0 Å². The minimum atomic E-state index is -0.190. The molecule has 3 amide bonds. The summed E-state index contributed by atoms with van der Waals surface area (Å²) in [5.74, 6) is 0.145. The molecular weight excluding hydrogens is 322 g/mol. The molecule has 1 aromatic carbocycles. The summed E-state index contributed by atoms with van der Waals surface area (Å²) in [5, 5.41) is 7.58. The van der Waals surface area contributed by atoms with Crippen LogP contribution in [0.4, 0.5) is 4.79 Å². The molecule has 24 heavy (non-hydrogen) atoms. The smallest absolute Gasteiger partial charge is 0.315 e. The van der Waals surface area contributed by atoms with Crippen molar-refractivity contribution in [3.05, 3.63) is 57.8 Å². The lowest BCUT2D eigenvalue weighted by Gasteiger charge is -2.15. The quantitative estimate of drug-likeness (QED) is 0.792. The summed E-state index contributed by atoms with van der Waals surface area (Å²) < 4.78 is 0.